The molecule has 3 unspecified atom stereocenters. The Balaban J connectivity index is 0.00000169. The standard InChI is InChI=1S/C11H21FO.Y/c1-4-9-6-10(3,13)8-11(12,5-2)7-9;/h9,13H,4-8H2,1-3H3;. The first kappa shape index (κ1) is 15.0. The van der Waals surface area contributed by atoms with Crippen LogP contribution < -0.4 is 0 Å². The molecule has 1 radical (unpaired) electrons. The van der Waals surface area contributed by atoms with Crippen molar-refractivity contribution < 1.29 is 42.2 Å². The molecule has 0 saturated heterocycles. The van der Waals surface area contributed by atoms with E-state index in [4.69, 9.17) is 0 Å². The van der Waals surface area contributed by atoms with Crippen LogP contribution in [0.4, 0.5) is 4.39 Å². The van der Waals surface area contributed by atoms with Crippen LogP contribution >= 0.6 is 0 Å². The molecule has 1 rings (SSSR count). The minimum Gasteiger partial charge on any atom is -0.390 e. The molecule has 0 spiro atoms. The van der Waals surface area contributed by atoms with Gasteiger partial charge in [0.1, 0.15) is 5.67 Å². The molecule has 1 saturated carbocycles. The van der Waals surface area contributed by atoms with Gasteiger partial charge in [-0.15, -0.1) is 0 Å². The van der Waals surface area contributed by atoms with Gasteiger partial charge in [0, 0.05) is 39.1 Å². The molecule has 14 heavy (non-hydrogen) atoms. The second-order valence-corrected chi connectivity index (χ2v) is 4.86. The summed E-state index contributed by atoms with van der Waals surface area (Å²) in [6.45, 7) is 5.70. The van der Waals surface area contributed by atoms with Crippen LogP contribution in [0.3, 0.4) is 0 Å². The Morgan fingerprint density at radius 3 is 2.36 bits per heavy atom. The molecule has 81 valence electrons. The zero-order valence-electron chi connectivity index (χ0n) is 9.52. The van der Waals surface area contributed by atoms with E-state index in [1.165, 1.54) is 0 Å². The second-order valence-electron chi connectivity index (χ2n) is 4.86. The van der Waals surface area contributed by atoms with E-state index in [9.17, 15) is 9.50 Å². The number of hydrogen-bond acceptors (Lipinski definition) is 1. The maximum absolute atomic E-state index is 14.1. The molecule has 1 aliphatic carbocycles. The van der Waals surface area contributed by atoms with Crippen LogP contribution in [0.15, 0.2) is 0 Å². The molecule has 0 amide bonds. The van der Waals surface area contributed by atoms with Gasteiger partial charge in [-0.2, -0.15) is 0 Å². The van der Waals surface area contributed by atoms with Gasteiger partial charge in [-0.1, -0.05) is 20.3 Å². The van der Waals surface area contributed by atoms with Crippen molar-refractivity contribution in [3.8, 4) is 0 Å². The fourth-order valence-corrected chi connectivity index (χ4v) is 2.60. The molecule has 0 aliphatic heterocycles. The Hall–Kier alpha value is 0.994. The molecule has 0 aromatic heterocycles. The van der Waals surface area contributed by atoms with Gasteiger partial charge in [0.05, 0.1) is 5.60 Å². The van der Waals surface area contributed by atoms with Crippen LogP contribution in [0.2, 0.25) is 0 Å². The van der Waals surface area contributed by atoms with E-state index >= 15 is 0 Å². The third-order valence-electron chi connectivity index (χ3n) is 3.29. The summed E-state index contributed by atoms with van der Waals surface area (Å²) < 4.78 is 14.1. The molecule has 3 atom stereocenters. The fourth-order valence-electron chi connectivity index (χ4n) is 2.60. The first-order valence-electron chi connectivity index (χ1n) is 5.32. The van der Waals surface area contributed by atoms with E-state index in [1.807, 2.05) is 6.92 Å². The quantitative estimate of drug-likeness (QED) is 0.822. The summed E-state index contributed by atoms with van der Waals surface area (Å²) in [5, 5.41) is 9.90. The van der Waals surface area contributed by atoms with Crippen LogP contribution in [0.25, 0.3) is 0 Å². The van der Waals surface area contributed by atoms with Crippen molar-refractivity contribution >= 4 is 0 Å². The molecular weight excluding hydrogens is 256 g/mol. The number of aliphatic hydroxyl groups is 1. The van der Waals surface area contributed by atoms with Gasteiger partial charge < -0.3 is 5.11 Å². The van der Waals surface area contributed by atoms with Crippen molar-refractivity contribution in [2.24, 2.45) is 5.92 Å². The summed E-state index contributed by atoms with van der Waals surface area (Å²) in [6.07, 6.45) is 3.21. The van der Waals surface area contributed by atoms with Crippen molar-refractivity contribution in [1.82, 2.24) is 0 Å². The van der Waals surface area contributed by atoms with Gasteiger partial charge in [0.2, 0.25) is 0 Å². The van der Waals surface area contributed by atoms with Crippen molar-refractivity contribution in [2.75, 3.05) is 0 Å². The number of hydrogen-bond donors (Lipinski definition) is 1. The molecule has 0 aromatic carbocycles. The minimum atomic E-state index is -1.12. The molecule has 0 heterocycles. The van der Waals surface area contributed by atoms with E-state index in [0.29, 0.717) is 25.2 Å². The van der Waals surface area contributed by atoms with Crippen LogP contribution in [-0.4, -0.2) is 16.4 Å². The van der Waals surface area contributed by atoms with Crippen LogP contribution in [0.1, 0.15) is 52.9 Å². The van der Waals surface area contributed by atoms with E-state index < -0.39 is 11.3 Å². The molecule has 1 nitrogen and oxygen atoms in total. The van der Waals surface area contributed by atoms with Crippen LogP contribution in [0.5, 0.6) is 0 Å². The number of halogens is 1. The zero-order chi connectivity index (χ0) is 10.1. The molecule has 0 bridgehead atoms. The summed E-state index contributed by atoms with van der Waals surface area (Å²) in [5.41, 5.74) is -1.91. The second kappa shape index (κ2) is 5.36. The first-order chi connectivity index (χ1) is 5.91. The van der Waals surface area contributed by atoms with E-state index in [1.54, 1.807) is 6.92 Å². The van der Waals surface area contributed by atoms with Gasteiger partial charge in [0.15, 0.2) is 0 Å². The van der Waals surface area contributed by atoms with Crippen molar-refractivity contribution in [1.29, 1.82) is 0 Å². The average molecular weight is 277 g/mol. The average Bonchev–Trinajstić information content (AvgIpc) is 2.01. The minimum absolute atomic E-state index is 0. The summed E-state index contributed by atoms with van der Waals surface area (Å²) in [5.74, 6) is 0.355. The Bertz CT molecular complexity index is 184. The maximum atomic E-state index is 14.1. The predicted molar refractivity (Wildman–Crippen MR) is 52.4 cm³/mol. The third kappa shape index (κ3) is 3.86. The number of alkyl halides is 1. The topological polar surface area (TPSA) is 20.2 Å². The molecule has 3 heteroatoms. The monoisotopic (exact) mass is 277 g/mol. The summed E-state index contributed by atoms with van der Waals surface area (Å²) in [4.78, 5) is 0. The molecule has 1 fully saturated rings. The van der Waals surface area contributed by atoms with E-state index in [2.05, 4.69) is 6.92 Å². The number of rotatable bonds is 2. The maximum Gasteiger partial charge on any atom is 0.113 e. The largest absolute Gasteiger partial charge is 0.390 e. The SMILES string of the molecule is CCC1CC(C)(O)CC(F)(CC)C1.[Y]. The van der Waals surface area contributed by atoms with Crippen molar-refractivity contribution in [3.63, 3.8) is 0 Å². The van der Waals surface area contributed by atoms with Crippen molar-refractivity contribution in [3.05, 3.63) is 0 Å². The zero-order valence-corrected chi connectivity index (χ0v) is 12.4. The van der Waals surface area contributed by atoms with E-state index in [0.717, 1.165) is 12.8 Å². The molecule has 1 N–H and O–H groups in total. The van der Waals surface area contributed by atoms with Crippen LogP contribution in [0, 0.1) is 5.92 Å². The van der Waals surface area contributed by atoms with Gasteiger partial charge in [-0.05, 0) is 32.1 Å². The van der Waals surface area contributed by atoms with Crippen LogP contribution in [-0.2, 0) is 32.7 Å². The summed E-state index contributed by atoms with van der Waals surface area (Å²) in [7, 11) is 0. The van der Waals surface area contributed by atoms with E-state index in [-0.39, 0.29) is 32.7 Å². The Morgan fingerprint density at radius 1 is 1.36 bits per heavy atom. The normalized spacial score (nSPS) is 43.1. The molecular formula is C11H21FOY. The van der Waals surface area contributed by atoms with Crippen molar-refractivity contribution in [2.45, 2.75) is 64.1 Å². The predicted octanol–water partition coefficient (Wildman–Crippen LogP) is 3.06. The summed E-state index contributed by atoms with van der Waals surface area (Å²) in [6, 6.07) is 0. The van der Waals surface area contributed by atoms with Gasteiger partial charge in [-0.3, -0.25) is 0 Å². The smallest absolute Gasteiger partial charge is 0.113 e. The fraction of sp³-hybridized carbons (Fsp3) is 1.00. The first-order valence-corrected chi connectivity index (χ1v) is 5.32. The third-order valence-corrected chi connectivity index (χ3v) is 3.29. The van der Waals surface area contributed by atoms with Gasteiger partial charge >= 0.3 is 0 Å². The Morgan fingerprint density at radius 2 is 1.93 bits per heavy atom. The van der Waals surface area contributed by atoms with Gasteiger partial charge in [-0.25, -0.2) is 4.39 Å². The Kier molecular flexibility index (Phi) is 5.74. The Labute approximate surface area is 112 Å². The molecule has 1 aliphatic rings. The summed E-state index contributed by atoms with van der Waals surface area (Å²) >= 11 is 0. The molecule has 0 aromatic rings. The van der Waals surface area contributed by atoms with Gasteiger partial charge in [0.25, 0.3) is 0 Å².